The van der Waals surface area contributed by atoms with Crippen LogP contribution in [0.5, 0.6) is 11.5 Å². The number of aromatic hydroxyl groups is 1. The first-order chi connectivity index (χ1) is 8.18. The van der Waals surface area contributed by atoms with Crippen molar-refractivity contribution >= 4 is 11.7 Å². The van der Waals surface area contributed by atoms with Crippen molar-refractivity contribution in [2.24, 2.45) is 0 Å². The van der Waals surface area contributed by atoms with Crippen molar-refractivity contribution in [3.05, 3.63) is 18.2 Å². The fourth-order valence-electron chi connectivity index (χ4n) is 1.65. The Kier molecular flexibility index (Phi) is 3.22. The number of hydrogen-bond donors (Lipinski definition) is 3. The molecule has 0 bridgehead atoms. The molecule has 0 aromatic heterocycles. The lowest BCUT2D eigenvalue weighted by Crippen LogP contribution is -2.31. The molecule has 0 atom stereocenters. The lowest BCUT2D eigenvalue weighted by Gasteiger charge is -2.15. The molecule has 0 unspecified atom stereocenters. The highest BCUT2D eigenvalue weighted by atomic mass is 16.5. The molecule has 2 rings (SSSR count). The molecule has 4 N–H and O–H groups in total. The van der Waals surface area contributed by atoms with Crippen LogP contribution < -0.4 is 15.8 Å². The number of carbonyl (C=O) groups is 1. The number of nitrogens with zero attached hydrogens (tertiary/aromatic N) is 1. The predicted octanol–water partition coefficient (Wildman–Crippen LogP) is 0.378. The molecule has 1 heterocycles. The van der Waals surface area contributed by atoms with Gasteiger partial charge in [0, 0.05) is 13.1 Å². The average molecular weight is 237 g/mol. The number of hydrogen-bond acceptors (Lipinski definition) is 4. The summed E-state index contributed by atoms with van der Waals surface area (Å²) in [7, 11) is 0. The molecule has 17 heavy (non-hydrogen) atoms. The van der Waals surface area contributed by atoms with Gasteiger partial charge < -0.3 is 25.8 Å². The molecular formula is C11H15N3O3. The number of anilines is 1. The Morgan fingerprint density at radius 2 is 2.35 bits per heavy atom. The molecule has 1 saturated heterocycles. The van der Waals surface area contributed by atoms with E-state index < -0.39 is 0 Å². The number of rotatable bonds is 4. The zero-order valence-electron chi connectivity index (χ0n) is 9.35. The van der Waals surface area contributed by atoms with Crippen LogP contribution in [-0.4, -0.2) is 42.3 Å². The molecule has 0 saturated carbocycles. The molecule has 1 aliphatic rings. The van der Waals surface area contributed by atoms with Gasteiger partial charge in [0.05, 0.1) is 6.54 Å². The number of nitrogen functional groups attached to an aromatic ring is 1. The predicted molar refractivity (Wildman–Crippen MR) is 63.0 cm³/mol. The number of ether oxygens (including phenoxy) is 1. The molecule has 1 aliphatic heterocycles. The Labute approximate surface area is 99.0 Å². The summed E-state index contributed by atoms with van der Waals surface area (Å²) in [4.78, 5) is 12.9. The molecule has 0 radical (unpaired) electrons. The van der Waals surface area contributed by atoms with Crippen LogP contribution in [0.4, 0.5) is 10.5 Å². The van der Waals surface area contributed by atoms with Crippen LogP contribution in [0.2, 0.25) is 0 Å². The Morgan fingerprint density at radius 1 is 1.53 bits per heavy atom. The summed E-state index contributed by atoms with van der Waals surface area (Å²) in [6.45, 7) is 2.22. The number of benzene rings is 1. The van der Waals surface area contributed by atoms with Gasteiger partial charge in [-0.25, -0.2) is 4.79 Å². The number of nitrogens with two attached hydrogens (primary N) is 1. The van der Waals surface area contributed by atoms with Gasteiger partial charge in [0.15, 0.2) is 0 Å². The van der Waals surface area contributed by atoms with Crippen LogP contribution in [0.1, 0.15) is 0 Å². The second-order valence-corrected chi connectivity index (χ2v) is 3.76. The van der Waals surface area contributed by atoms with Gasteiger partial charge in [-0.2, -0.15) is 0 Å². The number of para-hydroxylation sites is 1. The Morgan fingerprint density at radius 3 is 3.06 bits per heavy atom. The first-order valence-corrected chi connectivity index (χ1v) is 5.41. The van der Waals surface area contributed by atoms with E-state index in [0.29, 0.717) is 32.0 Å². The van der Waals surface area contributed by atoms with Crippen molar-refractivity contribution in [2.45, 2.75) is 0 Å². The van der Waals surface area contributed by atoms with Gasteiger partial charge in [0.25, 0.3) is 0 Å². The number of amides is 2. The van der Waals surface area contributed by atoms with Crippen molar-refractivity contribution in [1.82, 2.24) is 10.2 Å². The normalized spacial score (nSPS) is 14.8. The Hall–Kier alpha value is -2.11. The van der Waals surface area contributed by atoms with Crippen molar-refractivity contribution in [3.8, 4) is 11.5 Å². The highest BCUT2D eigenvalue weighted by Gasteiger charge is 2.18. The van der Waals surface area contributed by atoms with Gasteiger partial charge in [0.1, 0.15) is 23.8 Å². The summed E-state index contributed by atoms with van der Waals surface area (Å²) in [5.41, 5.74) is 5.86. The van der Waals surface area contributed by atoms with Crippen molar-refractivity contribution in [1.29, 1.82) is 0 Å². The summed E-state index contributed by atoms with van der Waals surface area (Å²) in [5, 5.41) is 12.1. The summed E-state index contributed by atoms with van der Waals surface area (Å²) in [6.07, 6.45) is 0. The van der Waals surface area contributed by atoms with Gasteiger partial charge in [-0.3, -0.25) is 0 Å². The first kappa shape index (κ1) is 11.4. The fraction of sp³-hybridized carbons (Fsp3) is 0.364. The molecule has 6 nitrogen and oxygen atoms in total. The SMILES string of the molecule is Nc1c(O)cccc1OCCN1CCNC1=O. The monoisotopic (exact) mass is 237 g/mol. The molecule has 1 aromatic carbocycles. The molecule has 0 aliphatic carbocycles. The molecule has 1 aromatic rings. The third kappa shape index (κ3) is 2.52. The van der Waals surface area contributed by atoms with Gasteiger partial charge >= 0.3 is 6.03 Å². The molecule has 2 amide bonds. The molecule has 6 heteroatoms. The number of urea groups is 1. The minimum Gasteiger partial charge on any atom is -0.506 e. The van der Waals surface area contributed by atoms with E-state index in [4.69, 9.17) is 10.5 Å². The van der Waals surface area contributed by atoms with Crippen LogP contribution >= 0.6 is 0 Å². The van der Waals surface area contributed by atoms with E-state index >= 15 is 0 Å². The highest BCUT2D eigenvalue weighted by molar-refractivity contribution is 5.76. The quantitative estimate of drug-likeness (QED) is 0.522. The van der Waals surface area contributed by atoms with Crippen molar-refractivity contribution < 1.29 is 14.6 Å². The second-order valence-electron chi connectivity index (χ2n) is 3.76. The van der Waals surface area contributed by atoms with E-state index in [9.17, 15) is 9.90 Å². The third-order valence-electron chi connectivity index (χ3n) is 2.61. The zero-order valence-corrected chi connectivity index (χ0v) is 9.35. The van der Waals surface area contributed by atoms with Crippen LogP contribution in [0.3, 0.4) is 0 Å². The summed E-state index contributed by atoms with van der Waals surface area (Å²) < 4.78 is 5.42. The summed E-state index contributed by atoms with van der Waals surface area (Å²) >= 11 is 0. The fourth-order valence-corrected chi connectivity index (χ4v) is 1.65. The summed E-state index contributed by atoms with van der Waals surface area (Å²) in [6, 6.07) is 4.76. The van der Waals surface area contributed by atoms with E-state index in [1.54, 1.807) is 17.0 Å². The standard InChI is InChI=1S/C11H15N3O3/c12-10-8(15)2-1-3-9(10)17-7-6-14-5-4-13-11(14)16/h1-3,15H,4-7,12H2,(H,13,16). The first-order valence-electron chi connectivity index (χ1n) is 5.41. The lowest BCUT2D eigenvalue weighted by molar-refractivity contribution is 0.203. The average Bonchev–Trinajstić information content (AvgIpc) is 2.71. The topological polar surface area (TPSA) is 87.8 Å². The molecule has 92 valence electrons. The molecular weight excluding hydrogens is 222 g/mol. The van der Waals surface area contributed by atoms with E-state index in [2.05, 4.69) is 5.32 Å². The van der Waals surface area contributed by atoms with Gasteiger partial charge in [0.2, 0.25) is 0 Å². The van der Waals surface area contributed by atoms with E-state index in [0.717, 1.165) is 0 Å². The van der Waals surface area contributed by atoms with Gasteiger partial charge in [-0.1, -0.05) is 6.07 Å². The maximum absolute atomic E-state index is 11.2. The van der Waals surface area contributed by atoms with Gasteiger partial charge in [-0.15, -0.1) is 0 Å². The van der Waals surface area contributed by atoms with Crippen LogP contribution in [0.15, 0.2) is 18.2 Å². The zero-order chi connectivity index (χ0) is 12.3. The van der Waals surface area contributed by atoms with Crippen LogP contribution in [0, 0.1) is 0 Å². The number of phenolic OH excluding ortho intramolecular Hbond substituents is 1. The Balaban J connectivity index is 1.86. The van der Waals surface area contributed by atoms with E-state index in [1.165, 1.54) is 6.07 Å². The molecule has 0 spiro atoms. The van der Waals surface area contributed by atoms with Crippen LogP contribution in [-0.2, 0) is 0 Å². The minimum atomic E-state index is -0.0718. The summed E-state index contributed by atoms with van der Waals surface area (Å²) in [5.74, 6) is 0.436. The van der Waals surface area contributed by atoms with E-state index in [1.807, 2.05) is 0 Å². The number of nitrogens with one attached hydrogen (secondary N) is 1. The maximum atomic E-state index is 11.2. The minimum absolute atomic E-state index is 0.00131. The highest BCUT2D eigenvalue weighted by Crippen LogP contribution is 2.29. The lowest BCUT2D eigenvalue weighted by atomic mass is 10.3. The number of carbonyl (C=O) groups excluding carboxylic acids is 1. The second kappa shape index (κ2) is 4.82. The third-order valence-corrected chi connectivity index (χ3v) is 2.61. The molecule has 1 fully saturated rings. The van der Waals surface area contributed by atoms with Crippen molar-refractivity contribution in [3.63, 3.8) is 0 Å². The smallest absolute Gasteiger partial charge is 0.317 e. The number of phenols is 1. The van der Waals surface area contributed by atoms with Crippen LogP contribution in [0.25, 0.3) is 0 Å². The maximum Gasteiger partial charge on any atom is 0.317 e. The Bertz CT molecular complexity index is 422. The van der Waals surface area contributed by atoms with Crippen molar-refractivity contribution in [2.75, 3.05) is 32.0 Å². The van der Waals surface area contributed by atoms with Gasteiger partial charge in [-0.05, 0) is 12.1 Å². The largest absolute Gasteiger partial charge is 0.506 e. The van der Waals surface area contributed by atoms with E-state index in [-0.39, 0.29) is 17.5 Å².